The molecule has 2 fully saturated rings. The number of nitrogens with zero attached hydrogens (tertiary/aromatic N) is 1. The summed E-state index contributed by atoms with van der Waals surface area (Å²) in [6.07, 6.45) is 2.91. The van der Waals surface area contributed by atoms with Crippen LogP contribution in [-0.4, -0.2) is 36.5 Å². The Kier molecular flexibility index (Phi) is 5.08. The molecule has 3 rings (SSSR count). The second-order valence-corrected chi connectivity index (χ2v) is 7.11. The first-order valence-corrected chi connectivity index (χ1v) is 8.94. The molecule has 1 saturated carbocycles. The molecule has 0 bridgehead atoms. The zero-order valence-electron chi connectivity index (χ0n) is 14.6. The summed E-state index contributed by atoms with van der Waals surface area (Å²) in [5.74, 6) is -1.50. The Balaban J connectivity index is 1.68. The SMILES string of the molecule is CCOC(=O)C1(C(N)=O)CC(c2ccc(CN3CCCC3)c(F)c2)C1. The minimum Gasteiger partial charge on any atom is -0.465 e. The van der Waals surface area contributed by atoms with Gasteiger partial charge in [-0.25, -0.2) is 4.39 Å². The maximum absolute atomic E-state index is 14.4. The molecule has 1 aromatic carbocycles. The molecule has 5 nitrogen and oxygen atoms in total. The van der Waals surface area contributed by atoms with Crippen LogP contribution in [0.25, 0.3) is 0 Å². The van der Waals surface area contributed by atoms with E-state index in [1.54, 1.807) is 6.92 Å². The van der Waals surface area contributed by atoms with E-state index in [1.165, 1.54) is 18.9 Å². The largest absolute Gasteiger partial charge is 0.465 e. The Hall–Kier alpha value is -1.95. The predicted octanol–water partition coefficient (Wildman–Crippen LogP) is 2.33. The summed E-state index contributed by atoms with van der Waals surface area (Å²) < 4.78 is 19.4. The average Bonchev–Trinajstić information content (AvgIpc) is 3.02. The van der Waals surface area contributed by atoms with Crippen molar-refractivity contribution in [2.45, 2.75) is 45.1 Å². The zero-order valence-corrected chi connectivity index (χ0v) is 14.6. The molecule has 0 aromatic heterocycles. The van der Waals surface area contributed by atoms with Gasteiger partial charge in [0.05, 0.1) is 6.61 Å². The highest BCUT2D eigenvalue weighted by molar-refractivity contribution is 6.03. The number of esters is 1. The Morgan fingerprint density at radius 2 is 2.00 bits per heavy atom. The molecule has 2 aliphatic rings. The average molecular weight is 348 g/mol. The first-order chi connectivity index (χ1) is 12.0. The van der Waals surface area contributed by atoms with Gasteiger partial charge < -0.3 is 10.5 Å². The van der Waals surface area contributed by atoms with Crippen molar-refractivity contribution < 1.29 is 18.7 Å². The van der Waals surface area contributed by atoms with Crippen LogP contribution >= 0.6 is 0 Å². The first kappa shape index (κ1) is 17.9. The molecule has 25 heavy (non-hydrogen) atoms. The minimum atomic E-state index is -1.26. The van der Waals surface area contributed by atoms with Crippen LogP contribution in [0.5, 0.6) is 0 Å². The van der Waals surface area contributed by atoms with E-state index in [4.69, 9.17) is 10.5 Å². The lowest BCUT2D eigenvalue weighted by atomic mass is 9.59. The van der Waals surface area contributed by atoms with Crippen LogP contribution in [0.2, 0.25) is 0 Å². The van der Waals surface area contributed by atoms with E-state index in [2.05, 4.69) is 4.90 Å². The molecule has 0 atom stereocenters. The number of nitrogens with two attached hydrogens (primary N) is 1. The van der Waals surface area contributed by atoms with Crippen molar-refractivity contribution in [2.75, 3.05) is 19.7 Å². The van der Waals surface area contributed by atoms with Gasteiger partial charge >= 0.3 is 5.97 Å². The highest BCUT2D eigenvalue weighted by Gasteiger charge is 2.56. The number of carbonyl (C=O) groups excluding carboxylic acids is 2. The summed E-state index contributed by atoms with van der Waals surface area (Å²) in [6.45, 7) is 4.56. The van der Waals surface area contributed by atoms with Gasteiger partial charge in [-0.05, 0) is 63.2 Å². The van der Waals surface area contributed by atoms with Crippen molar-refractivity contribution in [3.05, 3.63) is 35.1 Å². The van der Waals surface area contributed by atoms with E-state index in [0.29, 0.717) is 12.1 Å². The fourth-order valence-electron chi connectivity index (χ4n) is 3.88. The number of ether oxygens (including phenoxy) is 1. The Labute approximate surface area is 147 Å². The fourth-order valence-corrected chi connectivity index (χ4v) is 3.88. The number of hydrogen-bond donors (Lipinski definition) is 1. The van der Waals surface area contributed by atoms with Crippen LogP contribution in [0.3, 0.4) is 0 Å². The summed E-state index contributed by atoms with van der Waals surface area (Å²) in [5, 5.41) is 0. The number of hydrogen-bond acceptors (Lipinski definition) is 4. The predicted molar refractivity (Wildman–Crippen MR) is 91.1 cm³/mol. The third-order valence-corrected chi connectivity index (χ3v) is 5.47. The number of rotatable bonds is 6. The number of primary amides is 1. The number of amides is 1. The fraction of sp³-hybridized carbons (Fsp3) is 0.579. The van der Waals surface area contributed by atoms with Gasteiger partial charge in [-0.2, -0.15) is 0 Å². The van der Waals surface area contributed by atoms with Gasteiger partial charge in [-0.15, -0.1) is 0 Å². The van der Waals surface area contributed by atoms with Crippen molar-refractivity contribution in [3.63, 3.8) is 0 Å². The lowest BCUT2D eigenvalue weighted by Crippen LogP contribution is -2.53. The molecular weight excluding hydrogens is 323 g/mol. The van der Waals surface area contributed by atoms with Gasteiger partial charge in [-0.1, -0.05) is 12.1 Å². The number of benzene rings is 1. The van der Waals surface area contributed by atoms with E-state index in [9.17, 15) is 14.0 Å². The number of carbonyl (C=O) groups is 2. The molecule has 1 saturated heterocycles. The summed E-state index contributed by atoms with van der Waals surface area (Å²) in [4.78, 5) is 26.1. The van der Waals surface area contributed by atoms with Crippen LogP contribution in [-0.2, 0) is 20.9 Å². The molecule has 1 aliphatic carbocycles. The van der Waals surface area contributed by atoms with Gasteiger partial charge in [0.1, 0.15) is 11.2 Å². The zero-order chi connectivity index (χ0) is 18.0. The Bertz CT molecular complexity index is 665. The molecule has 1 aromatic rings. The molecule has 2 N–H and O–H groups in total. The first-order valence-electron chi connectivity index (χ1n) is 8.94. The molecule has 6 heteroatoms. The van der Waals surface area contributed by atoms with Gasteiger partial charge in [-0.3, -0.25) is 14.5 Å². The lowest BCUT2D eigenvalue weighted by Gasteiger charge is -2.43. The highest BCUT2D eigenvalue weighted by atomic mass is 19.1. The van der Waals surface area contributed by atoms with Gasteiger partial charge in [0.25, 0.3) is 0 Å². The van der Waals surface area contributed by atoms with Crippen LogP contribution < -0.4 is 5.73 Å². The van der Waals surface area contributed by atoms with E-state index in [1.807, 2.05) is 12.1 Å². The Morgan fingerprint density at radius 3 is 2.56 bits per heavy atom. The second kappa shape index (κ2) is 7.12. The van der Waals surface area contributed by atoms with E-state index in [-0.39, 0.29) is 31.2 Å². The highest BCUT2D eigenvalue weighted by Crippen LogP contribution is 2.52. The molecule has 1 amide bonds. The maximum atomic E-state index is 14.4. The van der Waals surface area contributed by atoms with Gasteiger partial charge in [0.15, 0.2) is 0 Å². The number of halogens is 1. The molecule has 136 valence electrons. The third kappa shape index (κ3) is 3.40. The van der Waals surface area contributed by atoms with E-state index >= 15 is 0 Å². The van der Waals surface area contributed by atoms with Crippen LogP contribution in [0, 0.1) is 11.2 Å². The van der Waals surface area contributed by atoms with E-state index < -0.39 is 17.3 Å². The van der Waals surface area contributed by atoms with Crippen molar-refractivity contribution in [3.8, 4) is 0 Å². The standard InChI is InChI=1S/C19H25FN2O3/c1-2-25-18(24)19(17(21)23)10-15(11-19)13-5-6-14(16(20)9-13)12-22-7-3-4-8-22/h5-6,9,15H,2-4,7-8,10-12H2,1H3,(H2,21,23). The second-order valence-electron chi connectivity index (χ2n) is 7.11. The molecule has 1 aliphatic heterocycles. The molecule has 1 heterocycles. The van der Waals surface area contributed by atoms with Gasteiger partial charge in [0.2, 0.25) is 5.91 Å². The maximum Gasteiger partial charge on any atom is 0.321 e. The molecule has 0 spiro atoms. The topological polar surface area (TPSA) is 72.6 Å². The van der Waals surface area contributed by atoms with Crippen molar-refractivity contribution in [2.24, 2.45) is 11.1 Å². The molecule has 0 unspecified atom stereocenters. The monoisotopic (exact) mass is 348 g/mol. The number of likely N-dealkylation sites (tertiary alicyclic amines) is 1. The molecular formula is C19H25FN2O3. The van der Waals surface area contributed by atoms with Crippen molar-refractivity contribution >= 4 is 11.9 Å². The minimum absolute atomic E-state index is 0.0488. The summed E-state index contributed by atoms with van der Waals surface area (Å²) in [5.41, 5.74) is 5.67. The summed E-state index contributed by atoms with van der Waals surface area (Å²) >= 11 is 0. The smallest absolute Gasteiger partial charge is 0.321 e. The normalized spacial score (nSPS) is 26.2. The van der Waals surface area contributed by atoms with Crippen molar-refractivity contribution in [1.82, 2.24) is 4.90 Å². The Morgan fingerprint density at radius 1 is 1.32 bits per heavy atom. The van der Waals surface area contributed by atoms with Crippen LogP contribution in [0.4, 0.5) is 4.39 Å². The van der Waals surface area contributed by atoms with E-state index in [0.717, 1.165) is 18.7 Å². The molecule has 0 radical (unpaired) electrons. The summed E-state index contributed by atoms with van der Waals surface area (Å²) in [6, 6.07) is 5.25. The third-order valence-electron chi connectivity index (χ3n) is 5.47. The quantitative estimate of drug-likeness (QED) is 0.633. The van der Waals surface area contributed by atoms with Crippen LogP contribution in [0.15, 0.2) is 18.2 Å². The summed E-state index contributed by atoms with van der Waals surface area (Å²) in [7, 11) is 0. The van der Waals surface area contributed by atoms with Crippen molar-refractivity contribution in [1.29, 1.82) is 0 Å². The van der Waals surface area contributed by atoms with Gasteiger partial charge in [0, 0.05) is 12.1 Å². The van der Waals surface area contributed by atoms with Crippen LogP contribution in [0.1, 0.15) is 49.7 Å². The lowest BCUT2D eigenvalue weighted by molar-refractivity contribution is -0.167.